The Morgan fingerprint density at radius 1 is 0.944 bits per heavy atom. The van der Waals surface area contributed by atoms with Gasteiger partial charge in [0.05, 0.1) is 20.5 Å². The summed E-state index contributed by atoms with van der Waals surface area (Å²) in [6.45, 7) is 1.09. The molecule has 7 nitrogen and oxygen atoms in total. The first-order valence-electron chi connectivity index (χ1n) is 10.1. The van der Waals surface area contributed by atoms with Crippen LogP contribution in [0.15, 0.2) is 65.6 Å². The van der Waals surface area contributed by atoms with Crippen LogP contribution in [0.2, 0.25) is 10.0 Å². The van der Waals surface area contributed by atoms with Gasteiger partial charge in [-0.05, 0) is 41.5 Å². The zero-order valence-electron chi connectivity index (χ0n) is 18.4. The molecule has 3 N–H and O–H groups in total. The number of benzene rings is 3. The van der Waals surface area contributed by atoms with E-state index in [0.29, 0.717) is 5.56 Å². The molecule has 0 saturated carbocycles. The molecule has 36 heavy (non-hydrogen) atoms. The number of alkyl halides is 3. The Balaban J connectivity index is 1.70. The van der Waals surface area contributed by atoms with Gasteiger partial charge in [-0.25, -0.2) is 17.9 Å². The summed E-state index contributed by atoms with van der Waals surface area (Å²) in [5.74, 6) is -0.727. The first kappa shape index (κ1) is 27.3. The number of sulfonamides is 1. The molecule has 0 radical (unpaired) electrons. The van der Waals surface area contributed by atoms with Gasteiger partial charge in [0, 0.05) is 24.7 Å². The Hall–Kier alpha value is -3.28. The first-order chi connectivity index (χ1) is 16.8. The molecule has 0 saturated heterocycles. The van der Waals surface area contributed by atoms with Crippen LogP contribution in [0.1, 0.15) is 18.1 Å². The van der Waals surface area contributed by atoms with Crippen molar-refractivity contribution < 1.29 is 31.2 Å². The fourth-order valence-electron chi connectivity index (χ4n) is 3.24. The molecular formula is C23H18Cl2F3N3O4S. The summed E-state index contributed by atoms with van der Waals surface area (Å²) in [5.41, 5.74) is -0.413. The fraction of sp³-hybridized carbons (Fsp3) is 0.130. The molecule has 0 aliphatic rings. The van der Waals surface area contributed by atoms with Crippen LogP contribution in [0, 0.1) is 0 Å². The zero-order chi connectivity index (χ0) is 26.7. The van der Waals surface area contributed by atoms with Crippen molar-refractivity contribution in [3.63, 3.8) is 0 Å². The number of nitrogens with one attached hydrogen (secondary N) is 3. The van der Waals surface area contributed by atoms with E-state index in [4.69, 9.17) is 23.2 Å². The number of carbonyl (C=O) groups excluding carboxylic acids is 2. The molecule has 0 atom stereocenters. The molecule has 3 aromatic rings. The number of urea groups is 1. The van der Waals surface area contributed by atoms with Crippen LogP contribution >= 0.6 is 23.2 Å². The second kappa shape index (κ2) is 10.8. The minimum Gasteiger partial charge on any atom is -0.334 e. The minimum atomic E-state index is -4.62. The van der Waals surface area contributed by atoms with E-state index in [0.717, 1.165) is 13.0 Å². The zero-order valence-corrected chi connectivity index (χ0v) is 20.7. The number of hydrogen-bond acceptors (Lipinski definition) is 4. The van der Waals surface area contributed by atoms with E-state index in [1.807, 2.05) is 4.72 Å². The average Bonchev–Trinajstić information content (AvgIpc) is 2.76. The van der Waals surface area contributed by atoms with Crippen LogP contribution in [-0.2, 0) is 27.5 Å². The summed E-state index contributed by atoms with van der Waals surface area (Å²) in [5, 5.41) is 4.85. The lowest BCUT2D eigenvalue weighted by Crippen LogP contribution is -2.29. The highest BCUT2D eigenvalue weighted by atomic mass is 35.5. The van der Waals surface area contributed by atoms with Gasteiger partial charge in [0.25, 0.3) is 10.0 Å². The maximum Gasteiger partial charge on any atom is 0.417 e. The van der Waals surface area contributed by atoms with E-state index in [-0.39, 0.29) is 38.3 Å². The molecule has 13 heteroatoms. The number of carbonyl (C=O) groups is 2. The Bertz CT molecular complexity index is 1390. The highest BCUT2D eigenvalue weighted by molar-refractivity contribution is 7.90. The van der Waals surface area contributed by atoms with Crippen molar-refractivity contribution in [2.24, 2.45) is 0 Å². The maximum absolute atomic E-state index is 13.4. The van der Waals surface area contributed by atoms with Gasteiger partial charge in [0.15, 0.2) is 0 Å². The normalized spacial score (nSPS) is 11.6. The summed E-state index contributed by atoms with van der Waals surface area (Å²) >= 11 is 12.5. The third-order valence-corrected chi connectivity index (χ3v) is 6.81. The van der Waals surface area contributed by atoms with Crippen molar-refractivity contribution in [2.45, 2.75) is 24.5 Å². The second-order valence-corrected chi connectivity index (χ2v) is 9.97. The molecule has 3 aromatic carbocycles. The van der Waals surface area contributed by atoms with Crippen LogP contribution in [0.4, 0.5) is 23.7 Å². The van der Waals surface area contributed by atoms with Gasteiger partial charge < -0.3 is 10.6 Å². The Kier molecular flexibility index (Phi) is 8.17. The average molecular weight is 560 g/mol. The van der Waals surface area contributed by atoms with Crippen LogP contribution in [-0.4, -0.2) is 20.4 Å². The van der Waals surface area contributed by atoms with Gasteiger partial charge in [0.2, 0.25) is 5.91 Å². The van der Waals surface area contributed by atoms with Gasteiger partial charge in [-0.3, -0.25) is 4.79 Å². The number of amides is 3. The molecule has 190 valence electrons. The van der Waals surface area contributed by atoms with Crippen molar-refractivity contribution in [1.29, 1.82) is 0 Å². The van der Waals surface area contributed by atoms with Gasteiger partial charge in [-0.1, -0.05) is 53.5 Å². The molecule has 0 unspecified atom stereocenters. The molecule has 3 amide bonds. The van der Waals surface area contributed by atoms with Crippen molar-refractivity contribution in [1.82, 2.24) is 10.0 Å². The summed E-state index contributed by atoms with van der Waals surface area (Å²) in [4.78, 5) is 23.2. The monoisotopic (exact) mass is 559 g/mol. The molecule has 0 aliphatic carbocycles. The molecule has 0 heterocycles. The minimum absolute atomic E-state index is 0.0187. The summed E-state index contributed by atoms with van der Waals surface area (Å²) < 4.78 is 66.0. The highest BCUT2D eigenvalue weighted by Gasteiger charge is 2.34. The maximum atomic E-state index is 13.4. The van der Waals surface area contributed by atoms with E-state index in [1.165, 1.54) is 54.6 Å². The summed E-state index contributed by atoms with van der Waals surface area (Å²) in [7, 11) is -3.98. The predicted molar refractivity (Wildman–Crippen MR) is 130 cm³/mol. The number of anilines is 1. The standard InChI is InChI=1S/C23H18Cl2F3N3O4S/c1-13(32)31-36(34,35)16-8-6-14(7-9-16)12-29-22(33)30-15-10-19(24)21(20(25)11-15)17-4-2-3-5-18(17)23(26,27)28/h2-11H,12H2,1H3,(H,31,32)(H2,29,30,33). The summed E-state index contributed by atoms with van der Waals surface area (Å²) in [6, 6.07) is 12.2. The fourth-order valence-corrected chi connectivity index (χ4v) is 4.92. The van der Waals surface area contributed by atoms with Crippen molar-refractivity contribution in [3.05, 3.63) is 81.8 Å². The Labute approximate surface area is 214 Å². The molecule has 0 aromatic heterocycles. The quantitative estimate of drug-likeness (QED) is 0.353. The molecule has 0 bridgehead atoms. The third-order valence-electron chi connectivity index (χ3n) is 4.77. The predicted octanol–water partition coefficient (Wildman–Crippen LogP) is 5.83. The van der Waals surface area contributed by atoms with Crippen molar-refractivity contribution in [2.75, 3.05) is 5.32 Å². The van der Waals surface area contributed by atoms with Crippen LogP contribution < -0.4 is 15.4 Å². The topological polar surface area (TPSA) is 104 Å². The van der Waals surface area contributed by atoms with Gasteiger partial charge >= 0.3 is 12.2 Å². The highest BCUT2D eigenvalue weighted by Crippen LogP contribution is 2.43. The lowest BCUT2D eigenvalue weighted by Gasteiger charge is -2.16. The summed E-state index contributed by atoms with van der Waals surface area (Å²) in [6.07, 6.45) is -4.62. The SMILES string of the molecule is CC(=O)NS(=O)(=O)c1ccc(CNC(=O)Nc2cc(Cl)c(-c3ccccc3C(F)(F)F)c(Cl)c2)cc1. The van der Waals surface area contributed by atoms with Crippen LogP contribution in [0.25, 0.3) is 11.1 Å². The van der Waals surface area contributed by atoms with Gasteiger partial charge in [-0.2, -0.15) is 13.2 Å². The number of rotatable bonds is 6. The van der Waals surface area contributed by atoms with Crippen LogP contribution in [0.3, 0.4) is 0 Å². The number of halogens is 5. The van der Waals surface area contributed by atoms with E-state index in [1.54, 1.807) is 0 Å². The van der Waals surface area contributed by atoms with E-state index in [2.05, 4.69) is 10.6 Å². The molecule has 0 spiro atoms. The van der Waals surface area contributed by atoms with E-state index >= 15 is 0 Å². The molecule has 3 rings (SSSR count). The van der Waals surface area contributed by atoms with Crippen molar-refractivity contribution >= 4 is 50.9 Å². The van der Waals surface area contributed by atoms with Crippen LogP contribution in [0.5, 0.6) is 0 Å². The molecule has 0 aliphatic heterocycles. The lowest BCUT2D eigenvalue weighted by molar-refractivity contribution is -0.137. The first-order valence-corrected chi connectivity index (χ1v) is 12.3. The van der Waals surface area contributed by atoms with E-state index in [9.17, 15) is 31.2 Å². The lowest BCUT2D eigenvalue weighted by atomic mass is 9.99. The largest absolute Gasteiger partial charge is 0.417 e. The van der Waals surface area contributed by atoms with Gasteiger partial charge in [0.1, 0.15) is 0 Å². The van der Waals surface area contributed by atoms with Gasteiger partial charge in [-0.15, -0.1) is 0 Å². The van der Waals surface area contributed by atoms with Crippen molar-refractivity contribution in [3.8, 4) is 11.1 Å². The second-order valence-electron chi connectivity index (χ2n) is 7.47. The third kappa shape index (κ3) is 6.68. The molecular weight excluding hydrogens is 542 g/mol. The Morgan fingerprint density at radius 2 is 1.53 bits per heavy atom. The smallest absolute Gasteiger partial charge is 0.334 e. The Morgan fingerprint density at radius 3 is 2.08 bits per heavy atom. The number of hydrogen-bond donors (Lipinski definition) is 3. The molecule has 0 fully saturated rings. The van der Waals surface area contributed by atoms with E-state index < -0.39 is 33.7 Å².